The van der Waals surface area contributed by atoms with E-state index in [0.29, 0.717) is 41.7 Å². The van der Waals surface area contributed by atoms with Crippen LogP contribution in [0, 0.1) is 5.82 Å². The van der Waals surface area contributed by atoms with E-state index in [1.807, 2.05) is 4.90 Å². The minimum atomic E-state index is -3.93. The van der Waals surface area contributed by atoms with E-state index in [4.69, 9.17) is 0 Å². The van der Waals surface area contributed by atoms with Crippen molar-refractivity contribution in [1.29, 1.82) is 0 Å². The van der Waals surface area contributed by atoms with Gasteiger partial charge in [-0.3, -0.25) is 19.3 Å². The van der Waals surface area contributed by atoms with Crippen molar-refractivity contribution in [2.75, 3.05) is 44.6 Å². The van der Waals surface area contributed by atoms with Gasteiger partial charge in [0.25, 0.3) is 5.91 Å². The minimum Gasteiger partial charge on any atom is -0.339 e. The largest absolute Gasteiger partial charge is 0.339 e. The topological polar surface area (TPSA) is 107 Å². The zero-order valence-corrected chi connectivity index (χ0v) is 18.6. The zero-order valence-electron chi connectivity index (χ0n) is 17.7. The molecule has 0 bridgehead atoms. The first-order valence-electron chi connectivity index (χ1n) is 10.4. The first-order chi connectivity index (χ1) is 15.7. The van der Waals surface area contributed by atoms with Crippen LogP contribution in [0.5, 0.6) is 0 Å². The highest BCUT2D eigenvalue weighted by Crippen LogP contribution is 2.24. The summed E-state index contributed by atoms with van der Waals surface area (Å²) in [5.41, 5.74) is 1.21. The predicted molar refractivity (Wildman–Crippen MR) is 118 cm³/mol. The average Bonchev–Trinajstić information content (AvgIpc) is 2.78. The van der Waals surface area contributed by atoms with Crippen molar-refractivity contribution >= 4 is 33.4 Å². The van der Waals surface area contributed by atoms with Crippen LogP contribution in [0.25, 0.3) is 0 Å². The molecule has 1 N–H and O–H groups in total. The molecule has 3 amide bonds. The smallest absolute Gasteiger partial charge is 0.268 e. The Kier molecular flexibility index (Phi) is 6.43. The second-order valence-electron chi connectivity index (χ2n) is 7.94. The number of hydrogen-bond donors (Lipinski definition) is 1. The van der Waals surface area contributed by atoms with E-state index < -0.39 is 34.2 Å². The highest BCUT2D eigenvalue weighted by Gasteiger charge is 2.38. The average molecular weight is 475 g/mol. The van der Waals surface area contributed by atoms with Crippen LogP contribution in [0.4, 0.5) is 10.1 Å². The highest BCUT2D eigenvalue weighted by atomic mass is 32.2. The Bertz CT molecular complexity index is 1180. The first-order valence-corrected chi connectivity index (χ1v) is 12.0. The lowest BCUT2D eigenvalue weighted by Crippen LogP contribution is -2.54. The molecule has 2 heterocycles. The second-order valence-corrected chi connectivity index (χ2v) is 9.83. The summed E-state index contributed by atoms with van der Waals surface area (Å²) in [5, 5.41) is 2.69. The van der Waals surface area contributed by atoms with Gasteiger partial charge in [-0.1, -0.05) is 18.2 Å². The normalized spacial score (nSPS) is 18.0. The van der Waals surface area contributed by atoms with Crippen molar-refractivity contribution in [3.63, 3.8) is 0 Å². The fourth-order valence-corrected chi connectivity index (χ4v) is 5.33. The summed E-state index contributed by atoms with van der Waals surface area (Å²) in [5.74, 6) is -2.12. The molecule has 33 heavy (non-hydrogen) atoms. The zero-order chi connectivity index (χ0) is 23.6. The lowest BCUT2D eigenvalue weighted by molar-refractivity contribution is -0.133. The van der Waals surface area contributed by atoms with E-state index in [0.717, 1.165) is 0 Å². The third kappa shape index (κ3) is 5.20. The molecule has 1 fully saturated rings. The van der Waals surface area contributed by atoms with E-state index in [-0.39, 0.29) is 23.8 Å². The van der Waals surface area contributed by atoms with Gasteiger partial charge in [0.2, 0.25) is 21.8 Å². The fraction of sp³-hybridized carbons (Fsp3) is 0.318. The Morgan fingerprint density at radius 2 is 1.61 bits per heavy atom. The molecule has 2 aromatic rings. The van der Waals surface area contributed by atoms with Gasteiger partial charge in [0.1, 0.15) is 12.4 Å². The molecule has 4 rings (SSSR count). The minimum absolute atomic E-state index is 0.106. The Hall–Kier alpha value is -3.31. The molecule has 0 spiro atoms. The van der Waals surface area contributed by atoms with Gasteiger partial charge in [-0.2, -0.15) is 0 Å². The molecule has 0 aromatic heterocycles. The molecular formula is C22H23FN4O5S. The summed E-state index contributed by atoms with van der Waals surface area (Å²) in [7, 11) is -3.93. The van der Waals surface area contributed by atoms with Gasteiger partial charge >= 0.3 is 0 Å². The van der Waals surface area contributed by atoms with Crippen LogP contribution >= 0.6 is 0 Å². The monoisotopic (exact) mass is 474 g/mol. The van der Waals surface area contributed by atoms with E-state index in [2.05, 4.69) is 5.32 Å². The van der Waals surface area contributed by atoms with Crippen LogP contribution in [0.2, 0.25) is 0 Å². The maximum Gasteiger partial charge on any atom is 0.268 e. The van der Waals surface area contributed by atoms with Crippen LogP contribution in [0.15, 0.2) is 48.5 Å². The van der Waals surface area contributed by atoms with E-state index >= 15 is 0 Å². The van der Waals surface area contributed by atoms with Crippen molar-refractivity contribution < 1.29 is 27.2 Å². The number of rotatable bonds is 5. The number of hydrogen-bond acceptors (Lipinski definition) is 6. The van der Waals surface area contributed by atoms with Gasteiger partial charge in [-0.25, -0.2) is 17.1 Å². The standard InChI is InChI=1S/C22H23FN4O5S/c23-17-5-7-18(8-6-17)24-20(28)13-25-9-11-26(12-10-25)21(29)14-27-22(30)19-4-2-1-3-16(19)15-33(27,31)32/h1-8H,9-15H2,(H,24,28). The number of nitrogens with one attached hydrogen (secondary N) is 1. The van der Waals surface area contributed by atoms with Crippen LogP contribution in [-0.2, 0) is 25.4 Å². The van der Waals surface area contributed by atoms with Gasteiger partial charge < -0.3 is 10.2 Å². The first kappa shape index (κ1) is 22.9. The van der Waals surface area contributed by atoms with Gasteiger partial charge in [0, 0.05) is 37.4 Å². The number of benzene rings is 2. The number of nitrogens with zero attached hydrogens (tertiary/aromatic N) is 3. The molecule has 2 aromatic carbocycles. The SMILES string of the molecule is O=C(CN1CCN(C(=O)CN2C(=O)c3ccccc3CS2(=O)=O)CC1)Nc1ccc(F)cc1. The molecule has 11 heteroatoms. The fourth-order valence-electron chi connectivity index (χ4n) is 3.88. The van der Waals surface area contributed by atoms with Crippen molar-refractivity contribution in [3.05, 3.63) is 65.5 Å². The number of carbonyl (C=O) groups is 3. The number of halogens is 1. The summed E-state index contributed by atoms with van der Waals surface area (Å²) in [6.07, 6.45) is 0. The highest BCUT2D eigenvalue weighted by molar-refractivity contribution is 7.89. The van der Waals surface area contributed by atoms with Gasteiger partial charge in [-0.15, -0.1) is 0 Å². The number of carbonyl (C=O) groups excluding carboxylic acids is 3. The van der Waals surface area contributed by atoms with Crippen LogP contribution < -0.4 is 5.32 Å². The lowest BCUT2D eigenvalue weighted by atomic mass is 10.1. The third-order valence-electron chi connectivity index (χ3n) is 5.65. The molecule has 0 aliphatic carbocycles. The summed E-state index contributed by atoms with van der Waals surface area (Å²) in [6, 6.07) is 11.9. The Morgan fingerprint density at radius 1 is 0.939 bits per heavy atom. The molecule has 2 aliphatic rings. The predicted octanol–water partition coefficient (Wildman–Crippen LogP) is 0.894. The number of amides is 3. The second kappa shape index (κ2) is 9.28. The maximum absolute atomic E-state index is 13.0. The molecule has 1 saturated heterocycles. The van der Waals surface area contributed by atoms with Crippen LogP contribution in [-0.4, -0.2) is 79.5 Å². The molecule has 174 valence electrons. The van der Waals surface area contributed by atoms with Crippen LogP contribution in [0.1, 0.15) is 15.9 Å². The molecule has 0 radical (unpaired) electrons. The summed E-state index contributed by atoms with van der Waals surface area (Å²) in [6.45, 7) is 1.02. The number of fused-ring (bicyclic) bond motifs is 1. The molecule has 2 aliphatic heterocycles. The van der Waals surface area contributed by atoms with Gasteiger partial charge in [-0.05, 0) is 35.9 Å². The lowest BCUT2D eigenvalue weighted by Gasteiger charge is -2.36. The van der Waals surface area contributed by atoms with E-state index in [9.17, 15) is 27.2 Å². The summed E-state index contributed by atoms with van der Waals surface area (Å²) in [4.78, 5) is 41.0. The molecule has 0 unspecified atom stereocenters. The van der Waals surface area contributed by atoms with Crippen molar-refractivity contribution in [2.24, 2.45) is 0 Å². The van der Waals surface area contributed by atoms with Crippen molar-refractivity contribution in [3.8, 4) is 0 Å². The molecular weight excluding hydrogens is 451 g/mol. The Labute approximate surface area is 190 Å². The number of sulfonamides is 1. The van der Waals surface area contributed by atoms with Crippen molar-refractivity contribution in [1.82, 2.24) is 14.1 Å². The molecule has 9 nitrogen and oxygen atoms in total. The Balaban J connectivity index is 1.30. The van der Waals surface area contributed by atoms with Gasteiger partial charge in [0.05, 0.1) is 12.3 Å². The van der Waals surface area contributed by atoms with E-state index in [1.165, 1.54) is 29.2 Å². The maximum atomic E-state index is 13.0. The molecule has 0 saturated carbocycles. The Morgan fingerprint density at radius 3 is 2.30 bits per heavy atom. The summed E-state index contributed by atoms with van der Waals surface area (Å²) < 4.78 is 38.8. The van der Waals surface area contributed by atoms with E-state index in [1.54, 1.807) is 24.3 Å². The van der Waals surface area contributed by atoms with Gasteiger partial charge in [0.15, 0.2) is 0 Å². The van der Waals surface area contributed by atoms with Crippen molar-refractivity contribution in [2.45, 2.75) is 5.75 Å². The third-order valence-corrected chi connectivity index (χ3v) is 7.29. The number of anilines is 1. The number of piperazine rings is 1. The van der Waals surface area contributed by atoms with Crippen LogP contribution in [0.3, 0.4) is 0 Å². The summed E-state index contributed by atoms with van der Waals surface area (Å²) >= 11 is 0. The molecule has 0 atom stereocenters. The quantitative estimate of drug-likeness (QED) is 0.690.